The summed E-state index contributed by atoms with van der Waals surface area (Å²) in [5.41, 5.74) is 0. The quantitative estimate of drug-likeness (QED) is 0.280. The minimum absolute atomic E-state index is 0.112. The Morgan fingerprint density at radius 3 is 1.68 bits per heavy atom. The molecule has 156 valence electrons. The Kier molecular flexibility index (Phi) is 23.4. The van der Waals surface area contributed by atoms with Crippen molar-refractivity contribution in [2.75, 3.05) is 34.5 Å². The number of aliphatic hydroxyl groups excluding tert-OH is 7. The Bertz CT molecular complexity index is 256. The Morgan fingerprint density at radius 2 is 1.24 bits per heavy atom. The summed E-state index contributed by atoms with van der Waals surface area (Å²) < 4.78 is 15.5. The van der Waals surface area contributed by atoms with Crippen LogP contribution in [0.2, 0.25) is 0 Å². The van der Waals surface area contributed by atoms with E-state index in [1.165, 1.54) is 0 Å². The van der Waals surface area contributed by atoms with Crippen LogP contribution in [-0.2, 0) is 14.2 Å². The third kappa shape index (κ3) is 12.6. The average molecular weight is 376 g/mol. The fraction of sp³-hybridized carbons (Fsp3) is 1.00. The molecule has 0 aromatic carbocycles. The Balaban J connectivity index is -0.000000533. The highest BCUT2D eigenvalue weighted by Crippen LogP contribution is 2.21. The molecule has 2 saturated heterocycles. The molecule has 0 aliphatic carbocycles. The van der Waals surface area contributed by atoms with Crippen LogP contribution in [0.25, 0.3) is 0 Å². The van der Waals surface area contributed by atoms with E-state index in [9.17, 15) is 15.3 Å². The molecule has 2 fully saturated rings. The van der Waals surface area contributed by atoms with E-state index in [-0.39, 0.29) is 26.1 Å². The summed E-state index contributed by atoms with van der Waals surface area (Å²) in [5.74, 6) is 0. The van der Waals surface area contributed by atoms with Gasteiger partial charge in [-0.2, -0.15) is 0 Å². The summed E-state index contributed by atoms with van der Waals surface area (Å²) in [4.78, 5) is 0. The van der Waals surface area contributed by atoms with Gasteiger partial charge in [-0.3, -0.25) is 0 Å². The summed E-state index contributed by atoms with van der Waals surface area (Å²) in [5, 5.41) is 58.4. The highest BCUT2D eigenvalue weighted by atomic mass is 16.7. The van der Waals surface area contributed by atoms with Gasteiger partial charge in [-0.25, -0.2) is 0 Å². The first kappa shape index (κ1) is 29.4. The van der Waals surface area contributed by atoms with Crippen molar-refractivity contribution in [3.8, 4) is 0 Å². The van der Waals surface area contributed by atoms with Crippen molar-refractivity contribution in [2.24, 2.45) is 0 Å². The zero-order chi connectivity index (χ0) is 20.4. The van der Waals surface area contributed by atoms with E-state index >= 15 is 0 Å². The number of hydrogen-bond acceptors (Lipinski definition) is 10. The zero-order valence-electron chi connectivity index (χ0n) is 15.6. The van der Waals surface area contributed by atoms with Crippen molar-refractivity contribution < 1.29 is 50.0 Å². The molecular weight excluding hydrogens is 340 g/mol. The molecule has 10 heteroatoms. The molecule has 0 spiro atoms. The number of aliphatic hydroxyl groups is 7. The van der Waals surface area contributed by atoms with E-state index in [0.29, 0.717) is 0 Å². The first-order chi connectivity index (χ1) is 12.1. The van der Waals surface area contributed by atoms with Crippen LogP contribution in [0.5, 0.6) is 0 Å². The second-order valence-corrected chi connectivity index (χ2v) is 4.44. The third-order valence-corrected chi connectivity index (χ3v) is 2.89. The normalized spacial score (nSPS) is 33.6. The van der Waals surface area contributed by atoms with Gasteiger partial charge in [-0.1, -0.05) is 13.8 Å². The molecule has 0 aromatic heterocycles. The molecule has 25 heavy (non-hydrogen) atoms. The van der Waals surface area contributed by atoms with Crippen molar-refractivity contribution in [1.82, 2.24) is 0 Å². The summed E-state index contributed by atoms with van der Waals surface area (Å²) in [6.07, 6.45) is -4.62. The molecule has 10 nitrogen and oxygen atoms in total. The molecule has 0 bridgehead atoms. The van der Waals surface area contributed by atoms with Gasteiger partial charge in [0.15, 0.2) is 12.6 Å². The Morgan fingerprint density at radius 1 is 0.720 bits per heavy atom. The van der Waals surface area contributed by atoms with Crippen LogP contribution in [0, 0.1) is 0 Å². The number of hydrogen-bond donors (Lipinski definition) is 7. The zero-order valence-corrected chi connectivity index (χ0v) is 15.6. The molecule has 2 rings (SSSR count). The molecule has 7 N–H and O–H groups in total. The minimum Gasteiger partial charge on any atom is -0.400 e. The van der Waals surface area contributed by atoms with Gasteiger partial charge in [-0.15, -0.1) is 0 Å². The summed E-state index contributed by atoms with van der Waals surface area (Å²) in [6, 6.07) is 0. The standard InChI is InChI=1S/C10H18O7.C2H6.3CH4O/c11-5-1-8(13)10(16-3-5)17-6-2-7(12)9(14)15-4-6;4*1-2/h5-14H,1-4H2;1-2H3;3*2H,1H3. The highest BCUT2D eigenvalue weighted by Gasteiger charge is 2.35. The number of ether oxygens (including phenoxy) is 3. The first-order valence-corrected chi connectivity index (χ1v) is 8.01. The van der Waals surface area contributed by atoms with Crippen molar-refractivity contribution in [3.63, 3.8) is 0 Å². The maximum Gasteiger partial charge on any atom is 0.184 e. The monoisotopic (exact) mass is 376 g/mol. The predicted octanol–water partition coefficient (Wildman–Crippen LogP) is -2.21. The van der Waals surface area contributed by atoms with Gasteiger partial charge in [0, 0.05) is 34.2 Å². The molecule has 0 radical (unpaired) electrons. The Labute approximate surface area is 149 Å². The van der Waals surface area contributed by atoms with Gasteiger partial charge in [-0.05, 0) is 0 Å². The predicted molar refractivity (Wildman–Crippen MR) is 89.6 cm³/mol. The van der Waals surface area contributed by atoms with Gasteiger partial charge < -0.3 is 50.0 Å². The summed E-state index contributed by atoms with van der Waals surface area (Å²) in [6.45, 7) is 4.24. The van der Waals surface area contributed by atoms with Gasteiger partial charge in [0.25, 0.3) is 0 Å². The highest BCUT2D eigenvalue weighted by molar-refractivity contribution is 4.77. The lowest BCUT2D eigenvalue weighted by molar-refractivity contribution is -0.286. The second-order valence-electron chi connectivity index (χ2n) is 4.44. The lowest BCUT2D eigenvalue weighted by Gasteiger charge is -2.36. The topological polar surface area (TPSA) is 169 Å². The molecular formula is C15H36O10. The molecule has 0 amide bonds. The molecule has 2 aliphatic rings. The molecule has 2 aliphatic heterocycles. The number of rotatable bonds is 2. The third-order valence-electron chi connectivity index (χ3n) is 2.89. The SMILES string of the molecule is CC.CO.CO.CO.OC1COC(OC2COC(O)C(O)C2)C(O)C1. The molecule has 2 heterocycles. The summed E-state index contributed by atoms with van der Waals surface area (Å²) in [7, 11) is 3.00. The van der Waals surface area contributed by atoms with Crippen molar-refractivity contribution >= 4 is 0 Å². The lowest BCUT2D eigenvalue weighted by atomic mass is 10.1. The van der Waals surface area contributed by atoms with Crippen LogP contribution in [0.4, 0.5) is 0 Å². The van der Waals surface area contributed by atoms with Gasteiger partial charge in [0.2, 0.25) is 0 Å². The van der Waals surface area contributed by atoms with E-state index in [1.807, 2.05) is 13.8 Å². The van der Waals surface area contributed by atoms with Gasteiger partial charge >= 0.3 is 0 Å². The van der Waals surface area contributed by atoms with Crippen LogP contribution in [0.3, 0.4) is 0 Å². The molecule has 0 aromatic rings. The average Bonchev–Trinajstić information content (AvgIpc) is 2.67. The maximum atomic E-state index is 9.63. The maximum absolute atomic E-state index is 9.63. The first-order valence-electron chi connectivity index (χ1n) is 8.01. The van der Waals surface area contributed by atoms with Gasteiger partial charge in [0.05, 0.1) is 25.4 Å². The lowest BCUT2D eigenvalue weighted by Crippen LogP contribution is -2.48. The van der Waals surface area contributed by atoms with E-state index < -0.39 is 37.0 Å². The van der Waals surface area contributed by atoms with E-state index in [0.717, 1.165) is 21.3 Å². The molecule has 6 atom stereocenters. The van der Waals surface area contributed by atoms with Crippen molar-refractivity contribution in [1.29, 1.82) is 0 Å². The van der Waals surface area contributed by atoms with Crippen LogP contribution < -0.4 is 0 Å². The summed E-state index contributed by atoms with van der Waals surface area (Å²) >= 11 is 0. The smallest absolute Gasteiger partial charge is 0.184 e. The van der Waals surface area contributed by atoms with Crippen LogP contribution in [-0.4, -0.2) is 107 Å². The van der Waals surface area contributed by atoms with E-state index in [4.69, 9.17) is 34.6 Å². The van der Waals surface area contributed by atoms with E-state index in [1.54, 1.807) is 0 Å². The van der Waals surface area contributed by atoms with Crippen molar-refractivity contribution in [3.05, 3.63) is 0 Å². The second kappa shape index (κ2) is 19.9. The van der Waals surface area contributed by atoms with Crippen LogP contribution in [0.1, 0.15) is 26.7 Å². The van der Waals surface area contributed by atoms with Gasteiger partial charge in [0.1, 0.15) is 12.2 Å². The minimum atomic E-state index is -1.19. The van der Waals surface area contributed by atoms with Crippen molar-refractivity contribution in [2.45, 2.75) is 63.7 Å². The fourth-order valence-corrected chi connectivity index (χ4v) is 1.96. The molecule has 0 saturated carbocycles. The Hall–Kier alpha value is -0.400. The fourth-order valence-electron chi connectivity index (χ4n) is 1.96. The van der Waals surface area contributed by atoms with Crippen LogP contribution in [0.15, 0.2) is 0 Å². The molecule has 6 unspecified atom stereocenters. The largest absolute Gasteiger partial charge is 0.400 e. The van der Waals surface area contributed by atoms with Crippen LogP contribution >= 0.6 is 0 Å². The van der Waals surface area contributed by atoms with E-state index in [2.05, 4.69) is 0 Å².